The second-order valence-corrected chi connectivity index (χ2v) is 31.0. The summed E-state index contributed by atoms with van der Waals surface area (Å²) in [6.07, 6.45) is -1.29. The number of Topliss-reactive ketones (excluding diaryl/α,β-unsaturated/α-hetero) is 3. The summed E-state index contributed by atoms with van der Waals surface area (Å²) < 4.78 is 51.4. The van der Waals surface area contributed by atoms with Crippen molar-refractivity contribution in [2.24, 2.45) is 0 Å². The second kappa shape index (κ2) is 27.8. The van der Waals surface area contributed by atoms with Gasteiger partial charge in [0.05, 0.1) is 39.6 Å². The van der Waals surface area contributed by atoms with E-state index < -0.39 is 76.8 Å². The van der Waals surface area contributed by atoms with E-state index >= 15 is 0 Å². The molecule has 5 N–H and O–H groups in total. The maximum atomic E-state index is 12.0. The Morgan fingerprint density at radius 3 is 1.25 bits per heavy atom. The molecule has 0 aromatic carbocycles. The van der Waals surface area contributed by atoms with Crippen LogP contribution in [-0.4, -0.2) is 187 Å². The minimum Gasteiger partial charge on any atom is -0.436 e. The Morgan fingerprint density at radius 1 is 0.472 bits per heavy atom. The fourth-order valence-corrected chi connectivity index (χ4v) is 24.5. The van der Waals surface area contributed by atoms with Gasteiger partial charge in [-0.2, -0.15) is 0 Å². The second-order valence-electron chi connectivity index (χ2n) is 14.9. The van der Waals surface area contributed by atoms with Crippen LogP contribution in [0.15, 0.2) is 0 Å². The van der Waals surface area contributed by atoms with Crippen molar-refractivity contribution >= 4 is 51.1 Å². The smallest absolute Gasteiger partial charge is 0.312 e. The zero-order valence-electron chi connectivity index (χ0n) is 33.1. The van der Waals surface area contributed by atoms with Crippen LogP contribution in [-0.2, 0) is 55.2 Å². The Hall–Kier alpha value is -0.682. The predicted octanol–water partition coefficient (Wildman–Crippen LogP) is 0.504. The van der Waals surface area contributed by atoms with Crippen molar-refractivity contribution in [2.45, 2.75) is 95.6 Å². The van der Waals surface area contributed by atoms with Gasteiger partial charge in [0.1, 0.15) is 58.0 Å². The van der Waals surface area contributed by atoms with E-state index in [0.29, 0.717) is 19.6 Å². The normalized spacial score (nSPS) is 14.7. The van der Waals surface area contributed by atoms with Gasteiger partial charge in [-0.05, 0) is 77.3 Å². The van der Waals surface area contributed by atoms with E-state index in [2.05, 4.69) is 26.2 Å². The van der Waals surface area contributed by atoms with Crippen molar-refractivity contribution in [3.8, 4) is 0 Å². The van der Waals surface area contributed by atoms with Gasteiger partial charge in [0, 0.05) is 13.2 Å². The fourth-order valence-electron chi connectivity index (χ4n) is 5.19. The summed E-state index contributed by atoms with van der Waals surface area (Å²) in [6, 6.07) is 1.65. The molecule has 21 heteroatoms. The zero-order chi connectivity index (χ0) is 40.6. The number of rotatable bonds is 36. The molecule has 0 radical (unpaired) electrons. The standard InChI is InChI=1S/C32H68O17Si4/c1-50(2,13-9-11-41-19-29(37)21-45-25-31(39)23-43-17-27(35)15-33)47-52(5,6)49-53(7,8)48-51(3,4)14-10-12-42-20-30(38)22-46-26-32(40)24-44-18-28(36)16-34/h27,29,31,33-35,37,39H,9-26H2,1-8H3. The van der Waals surface area contributed by atoms with Crippen LogP contribution in [0.2, 0.25) is 64.5 Å². The summed E-state index contributed by atoms with van der Waals surface area (Å²) in [7, 11) is -9.34. The van der Waals surface area contributed by atoms with E-state index in [1.165, 1.54) is 0 Å². The van der Waals surface area contributed by atoms with Crippen molar-refractivity contribution in [1.82, 2.24) is 0 Å². The lowest BCUT2D eigenvalue weighted by molar-refractivity contribution is -0.135. The molecule has 3 atom stereocenters. The van der Waals surface area contributed by atoms with Crippen molar-refractivity contribution in [3.05, 3.63) is 0 Å². The third-order valence-corrected chi connectivity index (χ3v) is 22.3. The van der Waals surface area contributed by atoms with E-state index in [-0.39, 0.29) is 71.9 Å². The molecule has 0 saturated heterocycles. The van der Waals surface area contributed by atoms with Crippen molar-refractivity contribution in [2.75, 3.05) is 92.5 Å². The topological polar surface area (TPSA) is 235 Å². The molecule has 0 aliphatic carbocycles. The zero-order valence-corrected chi connectivity index (χ0v) is 37.1. The first-order chi connectivity index (χ1) is 24.6. The number of ether oxygens (including phenoxy) is 6. The molecule has 0 heterocycles. The minimum atomic E-state index is -2.55. The van der Waals surface area contributed by atoms with Crippen LogP contribution < -0.4 is 0 Å². The Morgan fingerprint density at radius 2 is 0.830 bits per heavy atom. The number of aliphatic hydroxyl groups is 5. The molecule has 0 rings (SSSR count). The number of carbonyl (C=O) groups excluding carboxylic acids is 3. The third kappa shape index (κ3) is 31.1. The van der Waals surface area contributed by atoms with Crippen LogP contribution in [0.4, 0.5) is 0 Å². The number of hydrogen-bond donors (Lipinski definition) is 5. The molecule has 0 aromatic heterocycles. The summed E-state index contributed by atoms with van der Waals surface area (Å²) in [4.78, 5) is 34.6. The first-order valence-corrected chi connectivity index (χ1v) is 29.8. The Kier molecular flexibility index (Phi) is 27.5. The van der Waals surface area contributed by atoms with Gasteiger partial charge in [0.2, 0.25) is 0 Å². The highest BCUT2D eigenvalue weighted by atomic mass is 28.5. The molecule has 17 nitrogen and oxygen atoms in total. The van der Waals surface area contributed by atoms with Gasteiger partial charge < -0.3 is 66.3 Å². The molecule has 0 aliphatic heterocycles. The molecule has 0 saturated carbocycles. The maximum absolute atomic E-state index is 12.0. The molecule has 0 fully saturated rings. The van der Waals surface area contributed by atoms with Crippen LogP contribution in [0, 0.1) is 0 Å². The molecule has 0 spiro atoms. The Labute approximate surface area is 319 Å². The number of ketones is 3. The lowest BCUT2D eigenvalue weighted by Gasteiger charge is -2.41. The third-order valence-electron chi connectivity index (χ3n) is 6.92. The molecule has 53 heavy (non-hydrogen) atoms. The van der Waals surface area contributed by atoms with Crippen LogP contribution in [0.1, 0.15) is 12.8 Å². The average molecular weight is 837 g/mol. The van der Waals surface area contributed by atoms with Crippen LogP contribution in [0.25, 0.3) is 0 Å². The molecule has 3 unspecified atom stereocenters. The summed E-state index contributed by atoms with van der Waals surface area (Å²) in [5, 5.41) is 46.5. The quantitative estimate of drug-likeness (QED) is 0.0427. The number of hydrogen-bond acceptors (Lipinski definition) is 17. The molecular weight excluding hydrogens is 769 g/mol. The van der Waals surface area contributed by atoms with E-state index in [1.54, 1.807) is 0 Å². The fraction of sp³-hybridized carbons (Fsp3) is 0.906. The van der Waals surface area contributed by atoms with Gasteiger partial charge in [-0.1, -0.05) is 0 Å². The van der Waals surface area contributed by atoms with Gasteiger partial charge in [-0.25, -0.2) is 0 Å². The van der Waals surface area contributed by atoms with Crippen molar-refractivity contribution in [3.63, 3.8) is 0 Å². The lowest BCUT2D eigenvalue weighted by atomic mass is 10.4. The highest BCUT2D eigenvalue weighted by molar-refractivity contribution is 6.89. The van der Waals surface area contributed by atoms with E-state index in [1.807, 2.05) is 26.2 Å². The monoisotopic (exact) mass is 836 g/mol. The SMILES string of the molecule is C[Si](C)(CCCOCC(=O)COCC(=O)COCC(=O)CO)O[Si](C)(C)O[Si](C)(C)O[Si](C)(C)CCCOCC(O)COCC(O)COCC(O)CO. The molecule has 0 aliphatic rings. The summed E-state index contributed by atoms with van der Waals surface area (Å²) >= 11 is 0. The molecule has 0 aromatic rings. The highest BCUT2D eigenvalue weighted by Crippen LogP contribution is 2.27. The van der Waals surface area contributed by atoms with Gasteiger partial charge in [0.15, 0.2) is 34.0 Å². The van der Waals surface area contributed by atoms with Gasteiger partial charge in [-0.15, -0.1) is 0 Å². The first-order valence-electron chi connectivity index (χ1n) is 18.0. The molecular formula is C32H68O17Si4. The lowest BCUT2D eigenvalue weighted by Crippen LogP contribution is -2.56. The van der Waals surface area contributed by atoms with E-state index in [9.17, 15) is 29.7 Å². The first kappa shape index (κ1) is 52.3. The van der Waals surface area contributed by atoms with Gasteiger partial charge in [-0.3, -0.25) is 14.4 Å². The van der Waals surface area contributed by atoms with Crippen LogP contribution in [0.3, 0.4) is 0 Å². The summed E-state index contributed by atoms with van der Waals surface area (Å²) in [5.74, 6) is -1.26. The Balaban J connectivity index is 4.29. The van der Waals surface area contributed by atoms with E-state index in [4.69, 9.17) is 51.0 Å². The van der Waals surface area contributed by atoms with Crippen LogP contribution >= 0.6 is 0 Å². The van der Waals surface area contributed by atoms with E-state index in [0.717, 1.165) is 18.5 Å². The largest absolute Gasteiger partial charge is 0.436 e. The Bertz CT molecular complexity index is 1020. The number of carbonyl (C=O) groups is 3. The highest BCUT2D eigenvalue weighted by Gasteiger charge is 2.43. The van der Waals surface area contributed by atoms with Crippen molar-refractivity contribution in [1.29, 1.82) is 0 Å². The minimum absolute atomic E-state index is 0.00710. The van der Waals surface area contributed by atoms with Gasteiger partial charge in [0.25, 0.3) is 0 Å². The molecule has 0 bridgehead atoms. The van der Waals surface area contributed by atoms with Crippen molar-refractivity contribution < 1.29 is 80.7 Å². The summed E-state index contributed by atoms with van der Waals surface area (Å²) in [6.45, 7) is 15.0. The predicted molar refractivity (Wildman–Crippen MR) is 204 cm³/mol. The molecule has 0 amide bonds. The van der Waals surface area contributed by atoms with Crippen LogP contribution in [0.5, 0.6) is 0 Å². The summed E-state index contributed by atoms with van der Waals surface area (Å²) in [5.41, 5.74) is 0. The number of aliphatic hydroxyl groups excluding tert-OH is 5. The average Bonchev–Trinajstić information content (AvgIpc) is 3.02. The maximum Gasteiger partial charge on any atom is 0.312 e. The van der Waals surface area contributed by atoms with Gasteiger partial charge >= 0.3 is 17.1 Å². The molecule has 314 valence electrons.